The molecule has 0 aliphatic carbocycles. The van der Waals surface area contributed by atoms with Gasteiger partial charge in [0.2, 0.25) is 0 Å². The van der Waals surface area contributed by atoms with Crippen LogP contribution in [-0.2, 0) is 6.54 Å². The summed E-state index contributed by atoms with van der Waals surface area (Å²) in [5.74, 6) is 0.897. The number of unbranched alkanes of at least 4 members (excludes halogenated alkanes) is 4. The Labute approximate surface area is 140 Å². The average Bonchev–Trinajstić information content (AvgIpc) is 2.61. The van der Waals surface area contributed by atoms with Crippen LogP contribution in [0.1, 0.15) is 44.6 Å². The Balaban J connectivity index is 1.84. The molecule has 1 aromatic carbocycles. The molecule has 0 atom stereocenters. The Morgan fingerprint density at radius 2 is 1.96 bits per heavy atom. The van der Waals surface area contributed by atoms with Crippen molar-refractivity contribution in [2.75, 3.05) is 19.7 Å². The van der Waals surface area contributed by atoms with Crippen molar-refractivity contribution in [2.24, 2.45) is 5.73 Å². The first kappa shape index (κ1) is 17.6. The number of benzene rings is 1. The Bertz CT molecular complexity index is 522. The molecule has 0 spiro atoms. The van der Waals surface area contributed by atoms with E-state index in [9.17, 15) is 0 Å². The fourth-order valence-corrected chi connectivity index (χ4v) is 2.84. The molecule has 3 heteroatoms. The van der Waals surface area contributed by atoms with Gasteiger partial charge in [-0.15, -0.1) is 0 Å². The second-order valence-corrected chi connectivity index (χ2v) is 6.05. The molecule has 2 N–H and O–H groups in total. The van der Waals surface area contributed by atoms with Gasteiger partial charge in [-0.2, -0.15) is 0 Å². The normalized spacial score (nSPS) is 14.0. The lowest BCUT2D eigenvalue weighted by Crippen LogP contribution is -2.29. The Kier molecular flexibility index (Phi) is 7.74. The predicted molar refractivity (Wildman–Crippen MR) is 97.4 cm³/mol. The fraction of sp³-hybridized carbons (Fsp3) is 0.500. The van der Waals surface area contributed by atoms with E-state index in [0.29, 0.717) is 13.2 Å². The highest BCUT2D eigenvalue weighted by atomic mass is 16.5. The molecule has 2 rings (SSSR count). The molecule has 126 valence electrons. The van der Waals surface area contributed by atoms with E-state index in [-0.39, 0.29) is 0 Å². The molecule has 0 fully saturated rings. The monoisotopic (exact) mass is 314 g/mol. The summed E-state index contributed by atoms with van der Waals surface area (Å²) in [6, 6.07) is 8.02. The number of rotatable bonds is 10. The number of ether oxygens (including phenoxy) is 1. The highest BCUT2D eigenvalue weighted by molar-refractivity contribution is 5.33. The third-order valence-electron chi connectivity index (χ3n) is 4.26. The van der Waals surface area contributed by atoms with Gasteiger partial charge in [0.15, 0.2) is 0 Å². The number of allylic oxidation sites excluding steroid dienone is 2. The molecule has 0 aromatic heterocycles. The zero-order valence-corrected chi connectivity index (χ0v) is 14.3. The van der Waals surface area contributed by atoms with Gasteiger partial charge in [0, 0.05) is 25.2 Å². The smallest absolute Gasteiger partial charge is 0.128 e. The third kappa shape index (κ3) is 5.76. The van der Waals surface area contributed by atoms with Crippen LogP contribution in [0.3, 0.4) is 0 Å². The van der Waals surface area contributed by atoms with Gasteiger partial charge in [0.25, 0.3) is 0 Å². The van der Waals surface area contributed by atoms with E-state index in [2.05, 4.69) is 30.1 Å². The lowest BCUT2D eigenvalue weighted by molar-refractivity contribution is 0.271. The van der Waals surface area contributed by atoms with Crippen LogP contribution in [0.5, 0.6) is 5.75 Å². The largest absolute Gasteiger partial charge is 0.487 e. The topological polar surface area (TPSA) is 38.5 Å². The molecule has 1 aliphatic heterocycles. The predicted octanol–water partition coefficient (Wildman–Crippen LogP) is 4.25. The lowest BCUT2D eigenvalue weighted by atomic mass is 10.1. The maximum Gasteiger partial charge on any atom is 0.128 e. The fourth-order valence-electron chi connectivity index (χ4n) is 2.84. The van der Waals surface area contributed by atoms with Crippen LogP contribution in [0.2, 0.25) is 0 Å². The van der Waals surface area contributed by atoms with Crippen LogP contribution in [0.25, 0.3) is 0 Å². The minimum Gasteiger partial charge on any atom is -0.487 e. The highest BCUT2D eigenvalue weighted by Gasteiger charge is 2.12. The Hall–Kier alpha value is -1.74. The molecule has 1 aromatic rings. The summed E-state index contributed by atoms with van der Waals surface area (Å²) >= 11 is 0. The Morgan fingerprint density at radius 1 is 1.13 bits per heavy atom. The van der Waals surface area contributed by atoms with Gasteiger partial charge in [-0.25, -0.2) is 0 Å². The van der Waals surface area contributed by atoms with Crippen LogP contribution in [0.4, 0.5) is 0 Å². The van der Waals surface area contributed by atoms with Crippen LogP contribution in [-0.4, -0.2) is 24.6 Å². The van der Waals surface area contributed by atoms with Gasteiger partial charge in [-0.3, -0.25) is 0 Å². The summed E-state index contributed by atoms with van der Waals surface area (Å²) in [5, 5.41) is 0. The van der Waals surface area contributed by atoms with E-state index in [1.54, 1.807) is 0 Å². The van der Waals surface area contributed by atoms with Crippen molar-refractivity contribution in [2.45, 2.75) is 45.6 Å². The summed E-state index contributed by atoms with van der Waals surface area (Å²) in [4.78, 5) is 2.43. The summed E-state index contributed by atoms with van der Waals surface area (Å²) in [5.41, 5.74) is 8.10. The van der Waals surface area contributed by atoms with Crippen molar-refractivity contribution >= 4 is 0 Å². The van der Waals surface area contributed by atoms with Gasteiger partial charge in [-0.05, 0) is 18.6 Å². The van der Waals surface area contributed by atoms with Crippen LogP contribution >= 0.6 is 0 Å². The molecule has 1 heterocycles. The van der Waals surface area contributed by atoms with Crippen LogP contribution in [0, 0.1) is 0 Å². The molecule has 0 radical (unpaired) electrons. The lowest BCUT2D eigenvalue weighted by Gasteiger charge is -2.28. The molecule has 1 aliphatic rings. The zero-order chi connectivity index (χ0) is 16.3. The average molecular weight is 314 g/mol. The Morgan fingerprint density at radius 3 is 2.78 bits per heavy atom. The van der Waals surface area contributed by atoms with Crippen molar-refractivity contribution in [3.05, 3.63) is 53.8 Å². The molecule has 0 unspecified atom stereocenters. The minimum absolute atomic E-state index is 0.510. The summed E-state index contributed by atoms with van der Waals surface area (Å²) < 4.78 is 6.02. The molecule has 0 saturated carbocycles. The van der Waals surface area contributed by atoms with E-state index in [4.69, 9.17) is 10.5 Å². The molecular weight excluding hydrogens is 284 g/mol. The molecule has 3 nitrogen and oxygen atoms in total. The van der Waals surface area contributed by atoms with Gasteiger partial charge in [-0.1, -0.05) is 63.0 Å². The van der Waals surface area contributed by atoms with Gasteiger partial charge >= 0.3 is 0 Å². The number of hydrogen-bond donors (Lipinski definition) is 1. The molecular formula is C20H30N2O. The number of nitrogens with two attached hydrogens (primary N) is 1. The first-order valence-electron chi connectivity index (χ1n) is 8.86. The molecule has 23 heavy (non-hydrogen) atoms. The molecule has 0 amide bonds. The standard InChI is InChI=1S/C20H30N2O/c1-2-3-4-5-9-14-22-15-10-8-12-19(22)17-23-20-13-7-6-11-18(20)16-21/h6-8,10-13H,2-5,9,14-17,21H2,1H3. The zero-order valence-electron chi connectivity index (χ0n) is 14.3. The highest BCUT2D eigenvalue weighted by Crippen LogP contribution is 2.20. The van der Waals surface area contributed by atoms with Crippen molar-refractivity contribution in [3.8, 4) is 5.75 Å². The van der Waals surface area contributed by atoms with Crippen molar-refractivity contribution in [1.82, 2.24) is 4.90 Å². The molecule has 0 bridgehead atoms. The van der Waals surface area contributed by atoms with Crippen molar-refractivity contribution in [1.29, 1.82) is 0 Å². The van der Waals surface area contributed by atoms with Crippen LogP contribution < -0.4 is 10.5 Å². The SMILES string of the molecule is CCCCCCCN1CC=CC=C1COc1ccccc1CN. The van der Waals surface area contributed by atoms with Gasteiger partial charge in [0.1, 0.15) is 12.4 Å². The minimum atomic E-state index is 0.510. The first-order chi connectivity index (χ1) is 11.3. The third-order valence-corrected chi connectivity index (χ3v) is 4.26. The van der Waals surface area contributed by atoms with E-state index in [0.717, 1.165) is 24.4 Å². The maximum atomic E-state index is 6.02. The van der Waals surface area contributed by atoms with Gasteiger partial charge in [0.05, 0.1) is 5.70 Å². The van der Waals surface area contributed by atoms with Crippen LogP contribution in [0.15, 0.2) is 48.2 Å². The number of nitrogens with zero attached hydrogens (tertiary/aromatic N) is 1. The van der Waals surface area contributed by atoms with E-state index in [1.807, 2.05) is 24.3 Å². The summed E-state index contributed by atoms with van der Waals surface area (Å²) in [6.07, 6.45) is 13.1. The second-order valence-electron chi connectivity index (χ2n) is 6.05. The van der Waals surface area contributed by atoms with Crippen molar-refractivity contribution < 1.29 is 4.74 Å². The summed E-state index contributed by atoms with van der Waals surface area (Å²) in [6.45, 7) is 5.47. The number of para-hydroxylation sites is 1. The van der Waals surface area contributed by atoms with E-state index in [1.165, 1.54) is 37.8 Å². The van der Waals surface area contributed by atoms with E-state index < -0.39 is 0 Å². The number of hydrogen-bond acceptors (Lipinski definition) is 3. The first-order valence-corrected chi connectivity index (χ1v) is 8.86. The summed E-state index contributed by atoms with van der Waals surface area (Å²) in [7, 11) is 0. The maximum absolute atomic E-state index is 6.02. The van der Waals surface area contributed by atoms with Gasteiger partial charge < -0.3 is 15.4 Å². The molecule has 0 saturated heterocycles. The second kappa shape index (κ2) is 10.1. The van der Waals surface area contributed by atoms with E-state index >= 15 is 0 Å². The quantitative estimate of drug-likeness (QED) is 0.656. The van der Waals surface area contributed by atoms with Crippen molar-refractivity contribution in [3.63, 3.8) is 0 Å².